The van der Waals surface area contributed by atoms with Gasteiger partial charge >= 0.3 is 0 Å². The van der Waals surface area contributed by atoms with Crippen LogP contribution < -0.4 is 5.32 Å². The molecule has 2 rings (SSSR count). The van der Waals surface area contributed by atoms with E-state index in [4.69, 9.17) is 0 Å². The molecule has 0 amide bonds. The maximum atomic E-state index is 4.45. The fourth-order valence-electron chi connectivity index (χ4n) is 1.74. The molecule has 2 heterocycles. The van der Waals surface area contributed by atoms with Crippen LogP contribution in [-0.4, -0.2) is 27.0 Å². The van der Waals surface area contributed by atoms with Crippen LogP contribution in [0.5, 0.6) is 0 Å². The summed E-state index contributed by atoms with van der Waals surface area (Å²) in [6.45, 7) is 4.07. The van der Waals surface area contributed by atoms with Crippen molar-refractivity contribution in [1.29, 1.82) is 0 Å². The number of nitrogens with one attached hydrogen (secondary N) is 1. The van der Waals surface area contributed by atoms with Gasteiger partial charge in [0.15, 0.2) is 11.6 Å². The van der Waals surface area contributed by atoms with Gasteiger partial charge in [-0.05, 0) is 19.4 Å². The van der Waals surface area contributed by atoms with E-state index < -0.39 is 0 Å². The predicted octanol–water partition coefficient (Wildman–Crippen LogP) is 1.85. The lowest BCUT2D eigenvalue weighted by Crippen LogP contribution is -2.06. The topological polar surface area (TPSA) is 63.6 Å². The Morgan fingerprint density at radius 1 is 1.12 bits per heavy atom. The van der Waals surface area contributed by atoms with Crippen LogP contribution in [0.25, 0.3) is 11.6 Å². The van der Waals surface area contributed by atoms with Crippen molar-refractivity contribution < 1.29 is 0 Å². The van der Waals surface area contributed by atoms with Gasteiger partial charge in [0.05, 0.1) is 0 Å². The average Bonchev–Trinajstić information content (AvgIpc) is 2.38. The molecule has 2 aromatic rings. The normalized spacial score (nSPS) is 10.3. The molecule has 0 atom stereocenters. The third kappa shape index (κ3) is 2.22. The summed E-state index contributed by atoms with van der Waals surface area (Å²) in [5.74, 6) is 1.96. The van der Waals surface area contributed by atoms with Gasteiger partial charge in [-0.15, -0.1) is 0 Å². The van der Waals surface area contributed by atoms with E-state index >= 15 is 0 Å². The van der Waals surface area contributed by atoms with Crippen molar-refractivity contribution in [2.45, 2.75) is 20.3 Å². The number of anilines is 1. The van der Waals surface area contributed by atoms with Crippen LogP contribution in [0.4, 0.5) is 5.82 Å². The first kappa shape index (κ1) is 11.4. The molecule has 2 aromatic heterocycles. The molecular weight excluding hydrogens is 214 g/mol. The van der Waals surface area contributed by atoms with Crippen LogP contribution in [0, 0.1) is 6.92 Å². The van der Waals surface area contributed by atoms with E-state index in [0.29, 0.717) is 11.6 Å². The summed E-state index contributed by atoms with van der Waals surface area (Å²) in [6.07, 6.45) is 4.28. The number of hydrogen-bond donors (Lipinski definition) is 1. The van der Waals surface area contributed by atoms with E-state index in [0.717, 1.165) is 23.5 Å². The van der Waals surface area contributed by atoms with Gasteiger partial charge in [0.25, 0.3) is 0 Å². The van der Waals surface area contributed by atoms with Crippen LogP contribution in [-0.2, 0) is 6.42 Å². The summed E-state index contributed by atoms with van der Waals surface area (Å²) in [5, 5.41) is 3.09. The molecule has 0 aliphatic carbocycles. The molecular formula is C12H15N5. The Morgan fingerprint density at radius 2 is 1.82 bits per heavy atom. The number of aromatic nitrogens is 4. The van der Waals surface area contributed by atoms with Crippen LogP contribution in [0.3, 0.4) is 0 Å². The molecule has 0 spiro atoms. The van der Waals surface area contributed by atoms with Crippen molar-refractivity contribution >= 4 is 5.82 Å². The Hall–Kier alpha value is -2.04. The first-order chi connectivity index (χ1) is 8.26. The maximum Gasteiger partial charge on any atom is 0.199 e. The first-order valence-corrected chi connectivity index (χ1v) is 5.59. The van der Waals surface area contributed by atoms with E-state index in [1.54, 1.807) is 18.5 Å². The second-order valence-electron chi connectivity index (χ2n) is 3.64. The van der Waals surface area contributed by atoms with E-state index in [1.165, 1.54) is 0 Å². The highest BCUT2D eigenvalue weighted by atomic mass is 15.1. The van der Waals surface area contributed by atoms with Crippen molar-refractivity contribution in [2.24, 2.45) is 0 Å². The molecule has 0 aliphatic rings. The van der Waals surface area contributed by atoms with E-state index in [2.05, 4.69) is 32.2 Å². The summed E-state index contributed by atoms with van der Waals surface area (Å²) >= 11 is 0. The van der Waals surface area contributed by atoms with Crippen molar-refractivity contribution in [1.82, 2.24) is 19.9 Å². The Morgan fingerprint density at radius 3 is 2.41 bits per heavy atom. The molecule has 0 unspecified atom stereocenters. The predicted molar refractivity (Wildman–Crippen MR) is 66.7 cm³/mol. The molecule has 0 fully saturated rings. The van der Waals surface area contributed by atoms with Crippen LogP contribution in [0.2, 0.25) is 0 Å². The lowest BCUT2D eigenvalue weighted by Gasteiger charge is -2.10. The van der Waals surface area contributed by atoms with Crippen molar-refractivity contribution in [2.75, 3.05) is 12.4 Å². The Balaban J connectivity index is 2.54. The minimum absolute atomic E-state index is 0.551. The molecule has 0 saturated carbocycles. The molecule has 5 nitrogen and oxygen atoms in total. The quantitative estimate of drug-likeness (QED) is 0.870. The summed E-state index contributed by atoms with van der Waals surface area (Å²) in [7, 11) is 1.86. The van der Waals surface area contributed by atoms with Gasteiger partial charge in [0.1, 0.15) is 5.82 Å². The van der Waals surface area contributed by atoms with E-state index in [-0.39, 0.29) is 0 Å². The number of rotatable bonds is 3. The summed E-state index contributed by atoms with van der Waals surface area (Å²) in [5.41, 5.74) is 2.10. The van der Waals surface area contributed by atoms with Gasteiger partial charge in [-0.2, -0.15) is 0 Å². The van der Waals surface area contributed by atoms with E-state index in [1.807, 2.05) is 14.0 Å². The van der Waals surface area contributed by atoms with Gasteiger partial charge in [0, 0.05) is 30.7 Å². The fourth-order valence-corrected chi connectivity index (χ4v) is 1.74. The third-order valence-corrected chi connectivity index (χ3v) is 2.57. The average molecular weight is 229 g/mol. The summed E-state index contributed by atoms with van der Waals surface area (Å²) in [4.78, 5) is 17.2. The fraction of sp³-hybridized carbons (Fsp3) is 0.333. The second kappa shape index (κ2) is 4.86. The number of hydrogen-bond acceptors (Lipinski definition) is 5. The molecule has 1 N–H and O–H groups in total. The largest absolute Gasteiger partial charge is 0.373 e. The van der Waals surface area contributed by atoms with Crippen LogP contribution >= 0.6 is 0 Å². The molecule has 0 bridgehead atoms. The smallest absolute Gasteiger partial charge is 0.199 e. The Labute approximate surface area is 100 Å². The molecule has 0 aromatic carbocycles. The standard InChI is InChI=1S/C12H15N5/c1-4-9-8(2)16-12(17-10(9)13-3)11-14-6-5-7-15-11/h5-7H,4H2,1-3H3,(H,13,16,17). The molecule has 0 saturated heterocycles. The zero-order valence-electron chi connectivity index (χ0n) is 10.2. The molecule has 88 valence electrons. The number of aryl methyl sites for hydroxylation is 1. The van der Waals surface area contributed by atoms with Gasteiger partial charge in [-0.1, -0.05) is 6.92 Å². The van der Waals surface area contributed by atoms with Gasteiger partial charge in [-0.25, -0.2) is 19.9 Å². The van der Waals surface area contributed by atoms with E-state index in [9.17, 15) is 0 Å². The minimum Gasteiger partial charge on any atom is -0.373 e. The lowest BCUT2D eigenvalue weighted by molar-refractivity contribution is 0.983. The highest BCUT2D eigenvalue weighted by Crippen LogP contribution is 2.19. The molecule has 17 heavy (non-hydrogen) atoms. The highest BCUT2D eigenvalue weighted by Gasteiger charge is 2.11. The first-order valence-electron chi connectivity index (χ1n) is 5.59. The van der Waals surface area contributed by atoms with Gasteiger partial charge in [-0.3, -0.25) is 0 Å². The molecule has 0 aliphatic heterocycles. The van der Waals surface area contributed by atoms with Gasteiger partial charge in [0.2, 0.25) is 0 Å². The Bertz CT molecular complexity index is 510. The van der Waals surface area contributed by atoms with Crippen LogP contribution in [0.1, 0.15) is 18.2 Å². The zero-order valence-corrected chi connectivity index (χ0v) is 10.2. The monoisotopic (exact) mass is 229 g/mol. The summed E-state index contributed by atoms with van der Waals surface area (Å²) < 4.78 is 0. The SMILES string of the molecule is CCc1c(C)nc(-c2ncccn2)nc1NC. The maximum absolute atomic E-state index is 4.45. The van der Waals surface area contributed by atoms with Gasteiger partial charge < -0.3 is 5.32 Å². The third-order valence-electron chi connectivity index (χ3n) is 2.57. The Kier molecular flexibility index (Phi) is 3.27. The second-order valence-corrected chi connectivity index (χ2v) is 3.64. The minimum atomic E-state index is 0.551. The number of nitrogens with zero attached hydrogens (tertiary/aromatic N) is 4. The summed E-state index contributed by atoms with van der Waals surface area (Å²) in [6, 6.07) is 1.77. The highest BCUT2D eigenvalue weighted by molar-refractivity contribution is 5.53. The van der Waals surface area contributed by atoms with Crippen molar-refractivity contribution in [3.05, 3.63) is 29.7 Å². The lowest BCUT2D eigenvalue weighted by atomic mass is 10.1. The molecule has 0 radical (unpaired) electrons. The van der Waals surface area contributed by atoms with Crippen molar-refractivity contribution in [3.63, 3.8) is 0 Å². The molecule has 5 heteroatoms. The van der Waals surface area contributed by atoms with Crippen LogP contribution in [0.15, 0.2) is 18.5 Å². The van der Waals surface area contributed by atoms with Crippen molar-refractivity contribution in [3.8, 4) is 11.6 Å². The zero-order chi connectivity index (χ0) is 12.3.